The lowest BCUT2D eigenvalue weighted by atomic mass is 9.78. The van der Waals surface area contributed by atoms with Crippen molar-refractivity contribution in [2.45, 2.75) is 37.8 Å². The molecule has 1 fully saturated rings. The summed E-state index contributed by atoms with van der Waals surface area (Å²) in [5, 5.41) is 3.40. The van der Waals surface area contributed by atoms with Gasteiger partial charge in [-0.05, 0) is 90.3 Å². The van der Waals surface area contributed by atoms with Gasteiger partial charge in [-0.1, -0.05) is 36.4 Å². The first-order valence-electron chi connectivity index (χ1n) is 13.2. The van der Waals surface area contributed by atoms with Crippen molar-refractivity contribution >= 4 is 39.8 Å². The van der Waals surface area contributed by atoms with Crippen molar-refractivity contribution in [1.82, 2.24) is 0 Å². The minimum Gasteiger partial charge on any atom is -0.399 e. The molecule has 5 rings (SSSR count). The average molecular weight is 547 g/mol. The molecule has 9 heteroatoms. The summed E-state index contributed by atoms with van der Waals surface area (Å²) in [6.07, 6.45) is -2.68. The van der Waals surface area contributed by atoms with Crippen LogP contribution >= 0.6 is 0 Å². The number of alkyl halides is 3. The summed E-state index contributed by atoms with van der Waals surface area (Å²) in [5.74, 6) is -1.06. The summed E-state index contributed by atoms with van der Waals surface area (Å²) in [6, 6.07) is 22.6. The highest BCUT2D eigenvalue weighted by Crippen LogP contribution is 2.44. The predicted octanol–water partition coefficient (Wildman–Crippen LogP) is 7.51. The molecule has 6 nitrogen and oxygen atoms in total. The molecule has 0 aromatic heterocycles. The zero-order valence-electron chi connectivity index (χ0n) is 21.9. The van der Waals surface area contributed by atoms with Gasteiger partial charge < -0.3 is 34.0 Å². The van der Waals surface area contributed by atoms with E-state index in [0.717, 1.165) is 33.5 Å². The van der Waals surface area contributed by atoms with Crippen LogP contribution in [0.1, 0.15) is 37.2 Å². The Labute approximate surface area is 231 Å². The molecular weight excluding hydrogens is 513 g/mol. The normalized spacial score (nSPS) is 17.5. The van der Waals surface area contributed by atoms with Gasteiger partial charge in [0.2, 0.25) is 0 Å². The summed E-state index contributed by atoms with van der Waals surface area (Å²) in [7, 11) is 0. The van der Waals surface area contributed by atoms with E-state index < -0.39 is 12.1 Å². The van der Waals surface area contributed by atoms with E-state index in [1.807, 2.05) is 54.6 Å². The molecule has 0 atom stereocenters. The first-order valence-corrected chi connectivity index (χ1v) is 13.2. The minimum atomic E-state index is -4.11. The van der Waals surface area contributed by atoms with Gasteiger partial charge in [0, 0.05) is 16.9 Å². The van der Waals surface area contributed by atoms with E-state index in [2.05, 4.69) is 5.32 Å². The van der Waals surface area contributed by atoms with Crippen molar-refractivity contribution in [2.24, 2.45) is 5.92 Å². The van der Waals surface area contributed by atoms with Crippen LogP contribution in [-0.2, 0) is 0 Å². The Hall–Kier alpha value is -4.53. The SMILES string of the molecule is Nc1ccc(-c2ccc(N)c(N)c2)c(Nc2cc(-c3ccc(C4CCC(C(F)(F)F)CC4)cc3)cc(N)c2N)c1. The summed E-state index contributed by atoms with van der Waals surface area (Å²) in [6.45, 7) is 0. The standard InChI is InChI=1S/C31H33F3N6/c32-31(33,34)22-8-5-18(6-9-22)17-1-3-19(4-2-17)21-14-27(38)30(39)29(15-21)40-28-16-23(35)10-11-24(28)20-7-12-25(36)26(37)13-20/h1-4,7,10-16,18,22,40H,5-6,8-9,35-39H2. The van der Waals surface area contributed by atoms with E-state index in [1.54, 1.807) is 18.2 Å². The molecule has 1 saturated carbocycles. The number of benzene rings is 4. The van der Waals surface area contributed by atoms with Gasteiger partial charge in [0.05, 0.1) is 34.4 Å². The Bertz CT molecular complexity index is 1520. The molecule has 1 aliphatic rings. The predicted molar refractivity (Wildman–Crippen MR) is 160 cm³/mol. The first-order chi connectivity index (χ1) is 19.0. The van der Waals surface area contributed by atoms with Crippen molar-refractivity contribution < 1.29 is 13.2 Å². The van der Waals surface area contributed by atoms with Gasteiger partial charge in [0.15, 0.2) is 0 Å². The lowest BCUT2D eigenvalue weighted by Gasteiger charge is -2.30. The third kappa shape index (κ3) is 5.59. The van der Waals surface area contributed by atoms with E-state index in [1.165, 1.54) is 0 Å². The van der Waals surface area contributed by atoms with Gasteiger partial charge >= 0.3 is 6.18 Å². The number of nitrogen functional groups attached to an aromatic ring is 5. The van der Waals surface area contributed by atoms with Crippen molar-refractivity contribution in [3.8, 4) is 22.3 Å². The molecule has 1 aliphatic carbocycles. The summed E-state index contributed by atoms with van der Waals surface area (Å²) < 4.78 is 39.2. The fraction of sp³-hybridized carbons (Fsp3) is 0.226. The van der Waals surface area contributed by atoms with Crippen molar-refractivity contribution in [3.63, 3.8) is 0 Å². The minimum absolute atomic E-state index is 0.130. The fourth-order valence-corrected chi connectivity index (χ4v) is 5.45. The maximum Gasteiger partial charge on any atom is 0.391 e. The lowest BCUT2D eigenvalue weighted by Crippen LogP contribution is -2.27. The molecular formula is C31H33F3N6. The van der Waals surface area contributed by atoms with Gasteiger partial charge in [0.25, 0.3) is 0 Å². The van der Waals surface area contributed by atoms with Gasteiger partial charge in [-0.25, -0.2) is 0 Å². The number of rotatable bonds is 5. The van der Waals surface area contributed by atoms with E-state index in [9.17, 15) is 13.2 Å². The molecule has 0 unspecified atom stereocenters. The molecule has 4 aromatic carbocycles. The number of hydrogen-bond donors (Lipinski definition) is 6. The summed E-state index contributed by atoms with van der Waals surface area (Å²) in [4.78, 5) is 0. The van der Waals surface area contributed by atoms with Crippen LogP contribution in [0.25, 0.3) is 22.3 Å². The highest BCUT2D eigenvalue weighted by Gasteiger charge is 2.41. The Kier molecular flexibility index (Phi) is 7.14. The Balaban J connectivity index is 1.41. The zero-order chi connectivity index (χ0) is 28.6. The van der Waals surface area contributed by atoms with E-state index in [0.29, 0.717) is 47.0 Å². The molecule has 0 radical (unpaired) electrons. The first kappa shape index (κ1) is 27.1. The quantitative estimate of drug-likeness (QED) is 0.143. The molecule has 0 aliphatic heterocycles. The molecule has 40 heavy (non-hydrogen) atoms. The summed E-state index contributed by atoms with van der Waals surface area (Å²) in [5.41, 5.74) is 39.0. The molecule has 0 bridgehead atoms. The fourth-order valence-electron chi connectivity index (χ4n) is 5.45. The lowest BCUT2D eigenvalue weighted by molar-refractivity contribution is -0.182. The molecule has 11 N–H and O–H groups in total. The van der Waals surface area contributed by atoms with Crippen LogP contribution in [0, 0.1) is 5.92 Å². The second kappa shape index (κ2) is 10.6. The van der Waals surface area contributed by atoms with Crippen LogP contribution in [0.4, 0.5) is 53.0 Å². The maximum absolute atomic E-state index is 13.1. The van der Waals surface area contributed by atoms with Gasteiger partial charge in [0.1, 0.15) is 0 Å². The van der Waals surface area contributed by atoms with Crippen molar-refractivity contribution in [2.75, 3.05) is 34.0 Å². The Morgan fingerprint density at radius 2 is 1.25 bits per heavy atom. The second-order valence-corrected chi connectivity index (χ2v) is 10.5. The second-order valence-electron chi connectivity index (χ2n) is 10.5. The summed E-state index contributed by atoms with van der Waals surface area (Å²) >= 11 is 0. The molecule has 4 aromatic rings. The van der Waals surface area contributed by atoms with Gasteiger partial charge in [-0.3, -0.25) is 0 Å². The number of nitrogens with two attached hydrogens (primary N) is 5. The van der Waals surface area contributed by atoms with Gasteiger partial charge in [-0.2, -0.15) is 13.2 Å². The Morgan fingerprint density at radius 3 is 1.90 bits per heavy atom. The highest BCUT2D eigenvalue weighted by molar-refractivity contribution is 5.92. The molecule has 0 spiro atoms. The van der Waals surface area contributed by atoms with E-state index in [4.69, 9.17) is 28.7 Å². The maximum atomic E-state index is 13.1. The molecule has 0 amide bonds. The van der Waals surface area contributed by atoms with Crippen molar-refractivity contribution in [3.05, 3.63) is 78.4 Å². The van der Waals surface area contributed by atoms with Crippen LogP contribution in [-0.4, -0.2) is 6.18 Å². The highest BCUT2D eigenvalue weighted by atomic mass is 19.4. The van der Waals surface area contributed by atoms with Crippen LogP contribution in [0.2, 0.25) is 0 Å². The topological polar surface area (TPSA) is 142 Å². The third-order valence-corrected chi connectivity index (χ3v) is 7.83. The van der Waals surface area contributed by atoms with E-state index in [-0.39, 0.29) is 18.8 Å². The monoisotopic (exact) mass is 546 g/mol. The number of hydrogen-bond acceptors (Lipinski definition) is 6. The van der Waals surface area contributed by atoms with Crippen LogP contribution in [0.15, 0.2) is 72.8 Å². The number of nitrogens with one attached hydrogen (secondary N) is 1. The zero-order valence-corrected chi connectivity index (χ0v) is 21.9. The molecule has 0 saturated heterocycles. The number of halogens is 3. The Morgan fingerprint density at radius 1 is 0.600 bits per heavy atom. The van der Waals surface area contributed by atoms with Crippen molar-refractivity contribution in [1.29, 1.82) is 0 Å². The van der Waals surface area contributed by atoms with Crippen LogP contribution in [0.3, 0.4) is 0 Å². The largest absolute Gasteiger partial charge is 0.399 e. The van der Waals surface area contributed by atoms with Gasteiger partial charge in [-0.15, -0.1) is 0 Å². The van der Waals surface area contributed by atoms with Crippen LogP contribution in [0.5, 0.6) is 0 Å². The van der Waals surface area contributed by atoms with E-state index >= 15 is 0 Å². The third-order valence-electron chi connectivity index (χ3n) is 7.83. The van der Waals surface area contributed by atoms with Crippen LogP contribution < -0.4 is 34.0 Å². The molecule has 208 valence electrons. The average Bonchev–Trinajstić information content (AvgIpc) is 2.92. The molecule has 0 heterocycles. The smallest absolute Gasteiger partial charge is 0.391 e. The number of anilines is 7.